The first-order valence-corrected chi connectivity index (χ1v) is 7.87. The molecule has 1 heterocycles. The Balaban J connectivity index is 2.14. The molecule has 2 rings (SSSR count). The Hall–Kier alpha value is -1.14. The van der Waals surface area contributed by atoms with Gasteiger partial charge in [-0.05, 0) is 30.7 Å². The highest BCUT2D eigenvalue weighted by molar-refractivity contribution is 9.10. The molecule has 0 aromatic heterocycles. The smallest absolute Gasteiger partial charge is 0.252 e. The molecule has 0 saturated carbocycles. The molecular formula is C12H12BrNO3S. The van der Waals surface area contributed by atoms with Crippen molar-refractivity contribution in [3.8, 4) is 0 Å². The number of benzene rings is 1. The largest absolute Gasteiger partial charge is 0.345 e. The number of amides is 1. The molecule has 0 fully saturated rings. The summed E-state index contributed by atoms with van der Waals surface area (Å²) in [5.41, 5.74) is 1.38. The van der Waals surface area contributed by atoms with E-state index in [1.54, 1.807) is 12.1 Å². The third-order valence-electron chi connectivity index (χ3n) is 2.76. The Bertz CT molecular complexity index is 622. The second-order valence-corrected chi connectivity index (χ2v) is 6.94. The van der Waals surface area contributed by atoms with Crippen molar-refractivity contribution in [2.24, 2.45) is 0 Å². The van der Waals surface area contributed by atoms with Crippen molar-refractivity contribution in [1.82, 2.24) is 5.32 Å². The highest BCUT2D eigenvalue weighted by Gasteiger charge is 2.23. The van der Waals surface area contributed by atoms with Crippen LogP contribution in [0, 0.1) is 6.92 Å². The number of rotatable bonds is 2. The van der Waals surface area contributed by atoms with E-state index >= 15 is 0 Å². The molecule has 0 bridgehead atoms. The number of hydrogen-bond acceptors (Lipinski definition) is 3. The first kappa shape index (κ1) is 13.3. The predicted molar refractivity (Wildman–Crippen MR) is 73.1 cm³/mol. The molecule has 1 atom stereocenters. The van der Waals surface area contributed by atoms with E-state index < -0.39 is 15.9 Å². The zero-order valence-corrected chi connectivity index (χ0v) is 12.1. The van der Waals surface area contributed by atoms with Crippen LogP contribution < -0.4 is 5.32 Å². The highest BCUT2D eigenvalue weighted by atomic mass is 79.9. The van der Waals surface area contributed by atoms with E-state index in [1.165, 1.54) is 6.08 Å². The summed E-state index contributed by atoms with van der Waals surface area (Å²) in [6, 6.07) is 4.89. The number of hydrogen-bond donors (Lipinski definition) is 1. The molecule has 0 aliphatic carbocycles. The van der Waals surface area contributed by atoms with E-state index in [9.17, 15) is 13.2 Å². The van der Waals surface area contributed by atoms with Crippen LogP contribution in [-0.2, 0) is 9.84 Å². The van der Waals surface area contributed by atoms with Crippen LogP contribution in [0.3, 0.4) is 0 Å². The number of sulfone groups is 1. The number of carbonyl (C=O) groups excluding carboxylic acids is 1. The van der Waals surface area contributed by atoms with Crippen LogP contribution in [0.1, 0.15) is 15.9 Å². The molecule has 1 aromatic carbocycles. The third kappa shape index (κ3) is 2.81. The van der Waals surface area contributed by atoms with Crippen molar-refractivity contribution < 1.29 is 13.2 Å². The van der Waals surface area contributed by atoms with Crippen molar-refractivity contribution >= 4 is 31.7 Å². The molecular weight excluding hydrogens is 318 g/mol. The van der Waals surface area contributed by atoms with Gasteiger partial charge in [0, 0.05) is 15.4 Å². The molecule has 6 heteroatoms. The highest BCUT2D eigenvalue weighted by Crippen LogP contribution is 2.19. The van der Waals surface area contributed by atoms with Gasteiger partial charge in [-0.3, -0.25) is 4.79 Å². The molecule has 0 spiro atoms. The second-order valence-electron chi connectivity index (χ2n) is 4.15. The topological polar surface area (TPSA) is 63.2 Å². The quantitative estimate of drug-likeness (QED) is 0.899. The van der Waals surface area contributed by atoms with E-state index in [4.69, 9.17) is 0 Å². The fourth-order valence-corrected chi connectivity index (χ4v) is 3.37. The van der Waals surface area contributed by atoms with Crippen LogP contribution in [0.2, 0.25) is 0 Å². The standard InChI is InChI=1S/C12H12BrNO3S/c1-8-10(3-2-4-11(8)13)12(15)14-9-5-6-18(16,17)7-9/h2-6,9H,7H2,1H3,(H,14,15). The van der Waals surface area contributed by atoms with Gasteiger partial charge in [-0.25, -0.2) is 8.42 Å². The maximum absolute atomic E-state index is 12.0. The third-order valence-corrected chi connectivity index (χ3v) is 5.01. The normalized spacial score (nSPS) is 20.9. The maximum Gasteiger partial charge on any atom is 0.252 e. The monoisotopic (exact) mass is 329 g/mol. The summed E-state index contributed by atoms with van der Waals surface area (Å²) >= 11 is 3.36. The van der Waals surface area contributed by atoms with Crippen LogP contribution in [0.15, 0.2) is 34.2 Å². The molecule has 1 aliphatic heterocycles. The van der Waals surface area contributed by atoms with Gasteiger partial charge in [0.15, 0.2) is 9.84 Å². The van der Waals surface area contributed by atoms with Gasteiger partial charge in [0.1, 0.15) is 0 Å². The SMILES string of the molecule is Cc1c(Br)cccc1C(=O)NC1C=CS(=O)(=O)C1. The molecule has 96 valence electrons. The summed E-state index contributed by atoms with van der Waals surface area (Å²) in [7, 11) is -3.15. The molecule has 0 saturated heterocycles. The minimum atomic E-state index is -3.15. The lowest BCUT2D eigenvalue weighted by Crippen LogP contribution is -2.35. The minimum Gasteiger partial charge on any atom is -0.345 e. The fourth-order valence-electron chi connectivity index (χ4n) is 1.77. The second kappa shape index (κ2) is 4.85. The lowest BCUT2D eigenvalue weighted by molar-refractivity contribution is 0.0947. The molecule has 1 amide bonds. The first-order valence-electron chi connectivity index (χ1n) is 5.36. The van der Waals surface area contributed by atoms with Crippen molar-refractivity contribution in [1.29, 1.82) is 0 Å². The molecule has 1 N–H and O–H groups in total. The van der Waals surface area contributed by atoms with Crippen LogP contribution in [0.5, 0.6) is 0 Å². The summed E-state index contributed by atoms with van der Waals surface area (Å²) in [5.74, 6) is -0.327. The molecule has 1 aliphatic rings. The summed E-state index contributed by atoms with van der Waals surface area (Å²) < 4.78 is 23.3. The summed E-state index contributed by atoms with van der Waals surface area (Å²) in [6.07, 6.45) is 1.50. The molecule has 4 nitrogen and oxygen atoms in total. The van der Waals surface area contributed by atoms with E-state index in [1.807, 2.05) is 13.0 Å². The Morgan fingerprint density at radius 3 is 2.78 bits per heavy atom. The molecule has 0 radical (unpaired) electrons. The Kier molecular flexibility index (Phi) is 3.59. The lowest BCUT2D eigenvalue weighted by Gasteiger charge is -2.12. The van der Waals surface area contributed by atoms with Gasteiger partial charge in [-0.2, -0.15) is 0 Å². The lowest BCUT2D eigenvalue weighted by atomic mass is 10.1. The first-order chi connectivity index (χ1) is 8.39. The van der Waals surface area contributed by atoms with Gasteiger partial charge in [0.05, 0.1) is 11.8 Å². The zero-order chi connectivity index (χ0) is 13.3. The summed E-state index contributed by atoms with van der Waals surface area (Å²) in [5, 5.41) is 3.84. The fraction of sp³-hybridized carbons (Fsp3) is 0.250. The molecule has 1 aromatic rings. The molecule has 1 unspecified atom stereocenters. The summed E-state index contributed by atoms with van der Waals surface area (Å²) in [4.78, 5) is 12.0. The van der Waals surface area contributed by atoms with Crippen molar-refractivity contribution in [3.63, 3.8) is 0 Å². The summed E-state index contributed by atoms with van der Waals surface area (Å²) in [6.45, 7) is 1.83. The number of halogens is 1. The van der Waals surface area contributed by atoms with Crippen molar-refractivity contribution in [3.05, 3.63) is 45.3 Å². The van der Waals surface area contributed by atoms with Crippen molar-refractivity contribution in [2.75, 3.05) is 5.75 Å². The van der Waals surface area contributed by atoms with Crippen LogP contribution >= 0.6 is 15.9 Å². The average molecular weight is 330 g/mol. The molecule has 18 heavy (non-hydrogen) atoms. The van der Waals surface area contributed by atoms with E-state index in [-0.39, 0.29) is 11.7 Å². The van der Waals surface area contributed by atoms with E-state index in [0.29, 0.717) is 5.56 Å². The van der Waals surface area contributed by atoms with Gasteiger partial charge in [-0.1, -0.05) is 22.0 Å². The number of nitrogens with one attached hydrogen (secondary N) is 1. The van der Waals surface area contributed by atoms with E-state index in [0.717, 1.165) is 15.4 Å². The number of carbonyl (C=O) groups is 1. The van der Waals surface area contributed by atoms with Crippen LogP contribution in [0.25, 0.3) is 0 Å². The van der Waals surface area contributed by atoms with Crippen molar-refractivity contribution in [2.45, 2.75) is 13.0 Å². The maximum atomic E-state index is 12.0. The van der Waals surface area contributed by atoms with Gasteiger partial charge >= 0.3 is 0 Å². The van der Waals surface area contributed by atoms with Crippen LogP contribution in [-0.4, -0.2) is 26.1 Å². The van der Waals surface area contributed by atoms with Gasteiger partial charge in [0.25, 0.3) is 5.91 Å². The van der Waals surface area contributed by atoms with Gasteiger partial charge in [-0.15, -0.1) is 0 Å². The van der Waals surface area contributed by atoms with Crippen LogP contribution in [0.4, 0.5) is 0 Å². The van der Waals surface area contributed by atoms with Gasteiger partial charge in [0.2, 0.25) is 0 Å². The predicted octanol–water partition coefficient (Wildman–Crippen LogP) is 1.80. The van der Waals surface area contributed by atoms with E-state index in [2.05, 4.69) is 21.2 Å². The van der Waals surface area contributed by atoms with Gasteiger partial charge < -0.3 is 5.32 Å². The average Bonchev–Trinajstić information content (AvgIpc) is 2.62. The Labute approximate surface area is 114 Å². The zero-order valence-electron chi connectivity index (χ0n) is 9.68. The Morgan fingerprint density at radius 1 is 1.44 bits per heavy atom. The Morgan fingerprint density at radius 2 is 2.17 bits per heavy atom. The minimum absolute atomic E-state index is 0.0637.